The van der Waals surface area contributed by atoms with Crippen LogP contribution >= 0.6 is 11.3 Å². The van der Waals surface area contributed by atoms with E-state index in [-0.39, 0.29) is 0 Å². The van der Waals surface area contributed by atoms with Crippen LogP contribution in [0.1, 0.15) is 0 Å². The maximum Gasteiger partial charge on any atom is 0.164 e. The first-order chi connectivity index (χ1) is 24.3. The van der Waals surface area contributed by atoms with E-state index in [1.807, 2.05) is 47.7 Å². The van der Waals surface area contributed by atoms with Gasteiger partial charge in [-0.2, -0.15) is 0 Å². The predicted molar refractivity (Wildman–Crippen MR) is 205 cm³/mol. The van der Waals surface area contributed by atoms with Crippen LogP contribution in [0.3, 0.4) is 0 Å². The van der Waals surface area contributed by atoms with Gasteiger partial charge in [-0.25, -0.2) is 15.0 Å². The molecule has 2 heterocycles. The number of benzene rings is 7. The highest BCUT2D eigenvalue weighted by molar-refractivity contribution is 7.26. The molecule has 0 spiro atoms. The van der Waals surface area contributed by atoms with Crippen LogP contribution in [0.25, 0.3) is 87.7 Å². The summed E-state index contributed by atoms with van der Waals surface area (Å²) in [6, 6.07) is 61.5. The Labute approximate surface area is 288 Å². The van der Waals surface area contributed by atoms with Gasteiger partial charge in [-0.3, -0.25) is 0 Å². The number of nitrogens with zero attached hydrogens (tertiary/aromatic N) is 3. The van der Waals surface area contributed by atoms with E-state index in [1.165, 1.54) is 42.4 Å². The second kappa shape index (κ2) is 12.4. The lowest BCUT2D eigenvalue weighted by Gasteiger charge is -2.10. The zero-order valence-corrected chi connectivity index (χ0v) is 27.3. The minimum atomic E-state index is 0.646. The highest BCUT2D eigenvalue weighted by Crippen LogP contribution is 2.44. The third-order valence-electron chi connectivity index (χ3n) is 8.96. The Bertz CT molecular complexity index is 2580. The molecule has 0 saturated carbocycles. The van der Waals surface area contributed by atoms with Crippen molar-refractivity contribution in [3.63, 3.8) is 0 Å². The Morgan fingerprint density at radius 3 is 1.27 bits per heavy atom. The van der Waals surface area contributed by atoms with Gasteiger partial charge in [-0.05, 0) is 39.4 Å². The maximum atomic E-state index is 5.06. The zero-order valence-electron chi connectivity index (χ0n) is 26.5. The van der Waals surface area contributed by atoms with Crippen molar-refractivity contribution in [2.75, 3.05) is 0 Å². The second-order valence-electron chi connectivity index (χ2n) is 12.0. The molecule has 0 radical (unpaired) electrons. The fourth-order valence-corrected chi connectivity index (χ4v) is 7.88. The van der Waals surface area contributed by atoms with Crippen LogP contribution in [0.15, 0.2) is 176 Å². The van der Waals surface area contributed by atoms with Gasteiger partial charge in [0.1, 0.15) is 0 Å². The van der Waals surface area contributed by atoms with Crippen molar-refractivity contribution in [3.8, 4) is 67.5 Å². The largest absolute Gasteiger partial charge is 0.208 e. The third kappa shape index (κ3) is 5.48. The lowest BCUT2D eigenvalue weighted by atomic mass is 9.99. The van der Waals surface area contributed by atoms with Crippen LogP contribution < -0.4 is 0 Å². The number of hydrogen-bond acceptors (Lipinski definition) is 4. The highest BCUT2D eigenvalue weighted by Gasteiger charge is 2.16. The molecule has 0 aliphatic rings. The lowest BCUT2D eigenvalue weighted by molar-refractivity contribution is 1.07. The molecule has 0 aliphatic carbocycles. The van der Waals surface area contributed by atoms with Gasteiger partial charge in [0.2, 0.25) is 0 Å². The molecule has 3 nitrogen and oxygen atoms in total. The van der Waals surface area contributed by atoms with Crippen LogP contribution in [-0.4, -0.2) is 15.0 Å². The Morgan fingerprint density at radius 2 is 0.673 bits per heavy atom. The monoisotopic (exact) mass is 643 g/mol. The summed E-state index contributed by atoms with van der Waals surface area (Å²) in [4.78, 5) is 15.0. The minimum absolute atomic E-state index is 0.646. The molecule has 230 valence electrons. The molecule has 7 aromatic carbocycles. The summed E-state index contributed by atoms with van der Waals surface area (Å²) in [6.07, 6.45) is 0. The van der Waals surface area contributed by atoms with Gasteiger partial charge in [-0.1, -0.05) is 170 Å². The van der Waals surface area contributed by atoms with Crippen LogP contribution in [0.4, 0.5) is 0 Å². The molecule has 0 N–H and O–H groups in total. The average Bonchev–Trinajstić information content (AvgIpc) is 3.58. The molecule has 9 rings (SSSR count). The van der Waals surface area contributed by atoms with Crippen molar-refractivity contribution < 1.29 is 0 Å². The van der Waals surface area contributed by atoms with Gasteiger partial charge in [0.15, 0.2) is 17.5 Å². The van der Waals surface area contributed by atoms with Gasteiger partial charge in [0.25, 0.3) is 0 Å². The second-order valence-corrected chi connectivity index (χ2v) is 13.0. The smallest absolute Gasteiger partial charge is 0.164 e. The van der Waals surface area contributed by atoms with Crippen LogP contribution in [-0.2, 0) is 0 Å². The molecule has 0 fully saturated rings. The first-order valence-corrected chi connectivity index (χ1v) is 17.2. The van der Waals surface area contributed by atoms with E-state index in [9.17, 15) is 0 Å². The van der Waals surface area contributed by atoms with E-state index < -0.39 is 0 Å². The summed E-state index contributed by atoms with van der Waals surface area (Å²) in [6.45, 7) is 0. The van der Waals surface area contributed by atoms with Gasteiger partial charge in [-0.15, -0.1) is 11.3 Å². The quantitative estimate of drug-likeness (QED) is 0.181. The van der Waals surface area contributed by atoms with Crippen molar-refractivity contribution in [3.05, 3.63) is 176 Å². The highest BCUT2D eigenvalue weighted by atomic mass is 32.1. The topological polar surface area (TPSA) is 38.7 Å². The standard InChI is InChI=1S/C45H29N3S/c1-4-13-30(14-5-1)31-25-27-34(28-26-31)44-46-43(33-17-8-3-9-18-33)47-45(48-44)36-20-10-19-35(29-36)38-22-12-24-40-39-23-11-21-37(41(39)49-42(38)40)32-15-6-2-7-16-32/h1-29H. The Balaban J connectivity index is 1.16. The van der Waals surface area contributed by atoms with E-state index in [0.29, 0.717) is 17.5 Å². The first-order valence-electron chi connectivity index (χ1n) is 16.4. The van der Waals surface area contributed by atoms with Gasteiger partial charge < -0.3 is 0 Å². The van der Waals surface area contributed by atoms with Crippen molar-refractivity contribution >= 4 is 31.5 Å². The van der Waals surface area contributed by atoms with Crippen molar-refractivity contribution in [1.29, 1.82) is 0 Å². The molecular formula is C45H29N3S. The molecule has 4 heteroatoms. The number of fused-ring (bicyclic) bond motifs is 3. The Morgan fingerprint density at radius 1 is 0.286 bits per heavy atom. The van der Waals surface area contributed by atoms with Gasteiger partial charge >= 0.3 is 0 Å². The molecule has 0 atom stereocenters. The molecule has 0 aliphatic heterocycles. The summed E-state index contributed by atoms with van der Waals surface area (Å²) in [5.41, 5.74) is 10.0. The molecule has 49 heavy (non-hydrogen) atoms. The predicted octanol–water partition coefficient (Wildman–Crippen LogP) is 12.2. The van der Waals surface area contributed by atoms with E-state index in [4.69, 9.17) is 15.0 Å². The van der Waals surface area contributed by atoms with Crippen molar-refractivity contribution in [2.45, 2.75) is 0 Å². The first kappa shape index (κ1) is 29.0. The Hall–Kier alpha value is -6.23. The van der Waals surface area contributed by atoms with Gasteiger partial charge in [0.05, 0.1) is 0 Å². The van der Waals surface area contributed by atoms with Crippen molar-refractivity contribution in [2.24, 2.45) is 0 Å². The van der Waals surface area contributed by atoms with Gasteiger partial charge in [0, 0.05) is 36.9 Å². The molecule has 0 saturated heterocycles. The van der Waals surface area contributed by atoms with E-state index in [1.54, 1.807) is 0 Å². The average molecular weight is 644 g/mol. The van der Waals surface area contributed by atoms with E-state index in [0.717, 1.165) is 27.8 Å². The molecule has 0 bridgehead atoms. The fraction of sp³-hybridized carbons (Fsp3) is 0. The van der Waals surface area contributed by atoms with Crippen LogP contribution in [0.2, 0.25) is 0 Å². The number of rotatable bonds is 6. The summed E-state index contributed by atoms with van der Waals surface area (Å²) < 4.78 is 2.58. The SMILES string of the molecule is c1ccc(-c2ccc(-c3nc(-c4ccccc4)nc(-c4cccc(-c5cccc6c5sc5c(-c7ccccc7)cccc56)c4)n3)cc2)cc1. The summed E-state index contributed by atoms with van der Waals surface area (Å²) in [5.74, 6) is 1.94. The number of aromatic nitrogens is 3. The lowest BCUT2D eigenvalue weighted by Crippen LogP contribution is -2.00. The number of hydrogen-bond donors (Lipinski definition) is 0. The number of thiophene rings is 1. The van der Waals surface area contributed by atoms with E-state index >= 15 is 0 Å². The summed E-state index contributed by atoms with van der Waals surface area (Å²) in [5, 5.41) is 2.56. The zero-order chi connectivity index (χ0) is 32.6. The molecule has 0 unspecified atom stereocenters. The molecule has 9 aromatic rings. The molecule has 0 amide bonds. The van der Waals surface area contributed by atoms with Crippen LogP contribution in [0, 0.1) is 0 Å². The minimum Gasteiger partial charge on any atom is -0.208 e. The van der Waals surface area contributed by atoms with Crippen LogP contribution in [0.5, 0.6) is 0 Å². The summed E-state index contributed by atoms with van der Waals surface area (Å²) >= 11 is 1.86. The van der Waals surface area contributed by atoms with E-state index in [2.05, 4.69) is 140 Å². The Kier molecular flexibility index (Phi) is 7.34. The maximum absolute atomic E-state index is 5.06. The molecular weight excluding hydrogens is 615 g/mol. The summed E-state index contributed by atoms with van der Waals surface area (Å²) in [7, 11) is 0. The normalized spacial score (nSPS) is 11.3. The fourth-order valence-electron chi connectivity index (χ4n) is 6.51. The third-order valence-corrected chi connectivity index (χ3v) is 10.2. The molecule has 2 aromatic heterocycles. The van der Waals surface area contributed by atoms with Crippen molar-refractivity contribution in [1.82, 2.24) is 15.0 Å².